The van der Waals surface area contributed by atoms with Crippen molar-refractivity contribution in [3.8, 4) is 22.6 Å². The highest BCUT2D eigenvalue weighted by molar-refractivity contribution is 5.87. The lowest BCUT2D eigenvalue weighted by atomic mass is 9.80. The highest BCUT2D eigenvalue weighted by atomic mass is 19.3. The molecule has 0 spiro atoms. The van der Waals surface area contributed by atoms with Crippen molar-refractivity contribution in [2.45, 2.75) is 38.4 Å². The molecule has 1 amide bonds. The Kier molecular flexibility index (Phi) is 4.91. The fourth-order valence-electron chi connectivity index (χ4n) is 3.20. The van der Waals surface area contributed by atoms with E-state index in [1.54, 1.807) is 44.2 Å². The van der Waals surface area contributed by atoms with E-state index in [1.807, 2.05) is 6.07 Å². The van der Waals surface area contributed by atoms with Gasteiger partial charge in [-0.25, -0.2) is 0 Å². The van der Waals surface area contributed by atoms with Crippen molar-refractivity contribution in [3.63, 3.8) is 0 Å². The van der Waals surface area contributed by atoms with Crippen LogP contribution >= 0.6 is 0 Å². The first-order valence-electron chi connectivity index (χ1n) is 8.55. The lowest BCUT2D eigenvalue weighted by Gasteiger charge is -2.31. The molecule has 1 aliphatic heterocycles. The standard InChI is InChI=1S/C21H21F2NO3/c1-4-6-15-14-11-12(21(2,3)19(24)25)9-10-13(14)18-16(26-15)7-5-8-17(18)27-20(22)23/h4-5,7-11,15,20H,1,6H2,2-3H3,(H2,24,25). The van der Waals surface area contributed by atoms with E-state index in [0.717, 1.165) is 16.7 Å². The van der Waals surface area contributed by atoms with Crippen LogP contribution < -0.4 is 15.2 Å². The third kappa shape index (κ3) is 3.39. The number of ether oxygens (including phenoxy) is 2. The van der Waals surface area contributed by atoms with E-state index in [1.165, 1.54) is 6.07 Å². The molecule has 0 radical (unpaired) electrons. The van der Waals surface area contributed by atoms with Crippen molar-refractivity contribution in [3.05, 3.63) is 60.2 Å². The summed E-state index contributed by atoms with van der Waals surface area (Å²) in [5.41, 5.74) is 7.35. The highest BCUT2D eigenvalue weighted by Gasteiger charge is 2.33. The summed E-state index contributed by atoms with van der Waals surface area (Å²) in [6, 6.07) is 10.2. The monoisotopic (exact) mass is 373 g/mol. The Hall–Kier alpha value is -2.89. The van der Waals surface area contributed by atoms with Gasteiger partial charge < -0.3 is 15.2 Å². The summed E-state index contributed by atoms with van der Waals surface area (Å²) < 4.78 is 36.4. The third-order valence-corrected chi connectivity index (χ3v) is 4.86. The maximum absolute atomic E-state index is 12.8. The Balaban J connectivity index is 2.20. The van der Waals surface area contributed by atoms with Gasteiger partial charge in [-0.05, 0) is 37.1 Å². The SMILES string of the molecule is C=CCC1Oc2cccc(OC(F)F)c2-c2ccc(C(C)(C)C(N)=O)cc21. The smallest absolute Gasteiger partial charge is 0.387 e. The molecule has 1 atom stereocenters. The molecule has 0 saturated carbocycles. The largest absolute Gasteiger partial charge is 0.485 e. The minimum Gasteiger partial charge on any atom is -0.485 e. The summed E-state index contributed by atoms with van der Waals surface area (Å²) in [4.78, 5) is 11.8. The molecule has 3 rings (SSSR count). The van der Waals surface area contributed by atoms with Gasteiger partial charge in [0.1, 0.15) is 17.6 Å². The summed E-state index contributed by atoms with van der Waals surface area (Å²) >= 11 is 0. The van der Waals surface area contributed by atoms with Gasteiger partial charge in [-0.15, -0.1) is 6.58 Å². The molecule has 27 heavy (non-hydrogen) atoms. The molecule has 4 nitrogen and oxygen atoms in total. The lowest BCUT2D eigenvalue weighted by Crippen LogP contribution is -2.35. The molecule has 0 aromatic heterocycles. The van der Waals surface area contributed by atoms with E-state index in [0.29, 0.717) is 17.7 Å². The quantitative estimate of drug-likeness (QED) is 0.745. The number of nitrogens with two attached hydrogens (primary N) is 1. The first kappa shape index (κ1) is 18.9. The van der Waals surface area contributed by atoms with Crippen LogP contribution in [0.1, 0.15) is 37.5 Å². The van der Waals surface area contributed by atoms with E-state index in [-0.39, 0.29) is 11.9 Å². The minimum atomic E-state index is -2.95. The summed E-state index contributed by atoms with van der Waals surface area (Å²) in [6.45, 7) is 4.29. The van der Waals surface area contributed by atoms with Gasteiger partial charge in [0.15, 0.2) is 0 Å². The molecule has 2 aromatic rings. The fourth-order valence-corrected chi connectivity index (χ4v) is 3.20. The van der Waals surface area contributed by atoms with Crippen LogP contribution in [0.2, 0.25) is 0 Å². The van der Waals surface area contributed by atoms with Crippen LogP contribution in [0.15, 0.2) is 49.1 Å². The number of benzene rings is 2. The van der Waals surface area contributed by atoms with Crippen molar-refractivity contribution < 1.29 is 23.0 Å². The Morgan fingerprint density at radius 3 is 2.74 bits per heavy atom. The number of amides is 1. The maximum Gasteiger partial charge on any atom is 0.387 e. The van der Waals surface area contributed by atoms with E-state index < -0.39 is 17.9 Å². The minimum absolute atomic E-state index is 0.0442. The summed E-state index contributed by atoms with van der Waals surface area (Å²) in [7, 11) is 0. The van der Waals surface area contributed by atoms with Crippen LogP contribution in [-0.2, 0) is 10.2 Å². The molecule has 0 aliphatic carbocycles. The van der Waals surface area contributed by atoms with Gasteiger partial charge in [-0.1, -0.05) is 30.3 Å². The van der Waals surface area contributed by atoms with Crippen LogP contribution in [0.5, 0.6) is 11.5 Å². The zero-order valence-corrected chi connectivity index (χ0v) is 15.2. The van der Waals surface area contributed by atoms with E-state index in [4.69, 9.17) is 15.2 Å². The van der Waals surface area contributed by atoms with E-state index >= 15 is 0 Å². The van der Waals surface area contributed by atoms with Gasteiger partial charge in [0.2, 0.25) is 5.91 Å². The first-order chi connectivity index (χ1) is 12.8. The first-order valence-corrected chi connectivity index (χ1v) is 8.55. The van der Waals surface area contributed by atoms with Crippen LogP contribution in [0.25, 0.3) is 11.1 Å². The molecule has 1 heterocycles. The molecule has 1 aliphatic rings. The van der Waals surface area contributed by atoms with Crippen LogP contribution in [0.3, 0.4) is 0 Å². The van der Waals surface area contributed by atoms with Crippen molar-refractivity contribution in [1.29, 1.82) is 0 Å². The number of carbonyl (C=O) groups excluding carboxylic acids is 1. The van der Waals surface area contributed by atoms with Gasteiger partial charge in [-0.2, -0.15) is 8.78 Å². The Bertz CT molecular complexity index is 893. The molecule has 6 heteroatoms. The molecular formula is C21H21F2NO3. The summed E-state index contributed by atoms with van der Waals surface area (Å²) in [5.74, 6) is 0.0543. The van der Waals surface area contributed by atoms with Gasteiger partial charge in [0.25, 0.3) is 0 Å². The second-order valence-corrected chi connectivity index (χ2v) is 6.93. The number of halogens is 2. The zero-order valence-electron chi connectivity index (χ0n) is 15.2. The van der Waals surface area contributed by atoms with Gasteiger partial charge in [-0.3, -0.25) is 4.79 Å². The lowest BCUT2D eigenvalue weighted by molar-refractivity contribution is -0.122. The maximum atomic E-state index is 12.8. The predicted molar refractivity (Wildman–Crippen MR) is 98.9 cm³/mol. The summed E-state index contributed by atoms with van der Waals surface area (Å²) in [5, 5.41) is 0. The number of fused-ring (bicyclic) bond motifs is 3. The molecular weight excluding hydrogens is 352 g/mol. The van der Waals surface area contributed by atoms with Crippen molar-refractivity contribution in [2.24, 2.45) is 5.73 Å². The van der Waals surface area contributed by atoms with Crippen LogP contribution in [0, 0.1) is 0 Å². The zero-order chi connectivity index (χ0) is 19.8. The average molecular weight is 373 g/mol. The molecule has 0 fully saturated rings. The van der Waals surface area contributed by atoms with Gasteiger partial charge >= 0.3 is 6.61 Å². The van der Waals surface area contributed by atoms with Crippen LogP contribution in [0.4, 0.5) is 8.78 Å². The second kappa shape index (κ2) is 7.02. The fraction of sp³-hybridized carbons (Fsp3) is 0.286. The molecule has 0 saturated heterocycles. The van der Waals surface area contributed by atoms with E-state index in [2.05, 4.69) is 6.58 Å². The average Bonchev–Trinajstić information content (AvgIpc) is 2.61. The second-order valence-electron chi connectivity index (χ2n) is 6.93. The van der Waals surface area contributed by atoms with Crippen molar-refractivity contribution in [2.75, 3.05) is 0 Å². The Morgan fingerprint density at radius 2 is 2.11 bits per heavy atom. The molecule has 0 bridgehead atoms. The Morgan fingerprint density at radius 1 is 1.37 bits per heavy atom. The molecule has 142 valence electrons. The summed E-state index contributed by atoms with van der Waals surface area (Å²) in [6.07, 6.45) is 1.90. The predicted octanol–water partition coefficient (Wildman–Crippen LogP) is 4.73. The van der Waals surface area contributed by atoms with Gasteiger partial charge in [0.05, 0.1) is 11.0 Å². The topological polar surface area (TPSA) is 61.6 Å². The number of alkyl halides is 2. The van der Waals surface area contributed by atoms with Crippen molar-refractivity contribution >= 4 is 5.91 Å². The molecule has 1 unspecified atom stereocenters. The number of hydrogen-bond donors (Lipinski definition) is 1. The Labute approximate surface area is 156 Å². The normalized spacial score (nSPS) is 15.5. The molecule has 2 N–H and O–H groups in total. The third-order valence-electron chi connectivity index (χ3n) is 4.86. The molecule has 2 aromatic carbocycles. The van der Waals surface area contributed by atoms with Gasteiger partial charge in [0, 0.05) is 12.0 Å². The highest BCUT2D eigenvalue weighted by Crippen LogP contribution is 2.49. The number of carbonyl (C=O) groups is 1. The number of primary amides is 1. The number of hydrogen-bond acceptors (Lipinski definition) is 3. The number of rotatable bonds is 6. The van der Waals surface area contributed by atoms with Crippen LogP contribution in [-0.4, -0.2) is 12.5 Å². The van der Waals surface area contributed by atoms with Crippen molar-refractivity contribution in [1.82, 2.24) is 0 Å². The van der Waals surface area contributed by atoms with E-state index in [9.17, 15) is 13.6 Å².